The van der Waals surface area contributed by atoms with E-state index in [4.69, 9.17) is 4.99 Å². The number of amides is 3. The average molecular weight is 463 g/mol. The lowest BCUT2D eigenvalue weighted by Crippen LogP contribution is -2.49. The maximum Gasteiger partial charge on any atom is 0.273 e. The molecule has 3 amide bonds. The Hall–Kier alpha value is -4.99. The molecule has 3 aromatic carbocycles. The Morgan fingerprint density at radius 2 is 1.40 bits per heavy atom. The molecule has 0 fully saturated rings. The Balaban J connectivity index is 1.55. The third kappa shape index (κ3) is 3.31. The quantitative estimate of drug-likeness (QED) is 0.463. The summed E-state index contributed by atoms with van der Waals surface area (Å²) in [6, 6.07) is 23.2. The monoisotopic (exact) mass is 463 g/mol. The van der Waals surface area contributed by atoms with Crippen LogP contribution in [-0.2, 0) is 11.3 Å². The van der Waals surface area contributed by atoms with Gasteiger partial charge in [-0.25, -0.2) is 15.0 Å². The minimum Gasteiger partial charge on any atom is -0.301 e. The van der Waals surface area contributed by atoms with E-state index in [2.05, 4.69) is 20.6 Å². The number of nitrogens with one attached hydrogen (secondary N) is 1. The van der Waals surface area contributed by atoms with E-state index in [1.165, 1.54) is 4.90 Å². The molecule has 10 heteroatoms. The average Bonchev–Trinajstić information content (AvgIpc) is 3.48. The molecule has 2 aliphatic rings. The summed E-state index contributed by atoms with van der Waals surface area (Å²) in [6.07, 6.45) is -1.42. The number of fused-ring (bicyclic) bond motifs is 2. The summed E-state index contributed by atoms with van der Waals surface area (Å²) in [5.74, 6) is -1.33. The van der Waals surface area contributed by atoms with Crippen LogP contribution in [0, 0.1) is 0 Å². The summed E-state index contributed by atoms with van der Waals surface area (Å²) < 4.78 is 0. The van der Waals surface area contributed by atoms with Crippen LogP contribution in [0.5, 0.6) is 0 Å². The van der Waals surface area contributed by atoms with Crippen molar-refractivity contribution in [1.29, 1.82) is 0 Å². The van der Waals surface area contributed by atoms with Crippen LogP contribution in [0.2, 0.25) is 0 Å². The molecule has 0 saturated carbocycles. The highest BCUT2D eigenvalue weighted by Gasteiger charge is 2.46. The highest BCUT2D eigenvalue weighted by atomic mass is 16.2. The summed E-state index contributed by atoms with van der Waals surface area (Å²) in [6.45, 7) is 0.000105. The molecule has 1 aromatic heterocycles. The summed E-state index contributed by atoms with van der Waals surface area (Å²) in [7, 11) is 0. The van der Waals surface area contributed by atoms with Crippen molar-refractivity contribution in [3.63, 3.8) is 0 Å². The van der Waals surface area contributed by atoms with Gasteiger partial charge >= 0.3 is 0 Å². The Kier molecular flexibility index (Phi) is 4.77. The lowest BCUT2D eigenvalue weighted by molar-refractivity contribution is -0.122. The number of para-hydroxylation sites is 1. The van der Waals surface area contributed by atoms with E-state index in [1.807, 2.05) is 48.5 Å². The molecule has 1 N–H and O–H groups in total. The number of nitrogens with zero attached hydrogens (tertiary/aromatic N) is 6. The molecular formula is C25H17N7O3. The molecule has 0 radical (unpaired) electrons. The standard InChI is InChI=1S/C25H17N7O3/c33-23-16-10-4-5-11-17(16)24(34)32(23)22-25(35)31(14-20-27-29-30-28-20)19-13-7-6-12-18(19)21(26-22)15-8-2-1-3-9-15/h1-13,22H,14H2,(H,27,28,29,30)/t22-/m0/s1. The fraction of sp³-hybridized carbons (Fsp3) is 0.0800. The number of benzodiazepines with no additional fused rings is 1. The van der Waals surface area contributed by atoms with Crippen LogP contribution in [0.1, 0.15) is 37.7 Å². The van der Waals surface area contributed by atoms with E-state index in [9.17, 15) is 14.4 Å². The summed E-state index contributed by atoms with van der Waals surface area (Å²) in [5, 5.41) is 13.8. The molecule has 4 aromatic rings. The van der Waals surface area contributed by atoms with Crippen LogP contribution in [0.3, 0.4) is 0 Å². The molecule has 0 spiro atoms. The molecule has 0 unspecified atom stereocenters. The number of aromatic nitrogens is 4. The fourth-order valence-electron chi connectivity index (χ4n) is 4.40. The smallest absolute Gasteiger partial charge is 0.273 e. The Morgan fingerprint density at radius 1 is 0.771 bits per heavy atom. The Bertz CT molecular complexity index is 1460. The number of rotatable bonds is 4. The predicted octanol–water partition coefficient (Wildman–Crippen LogP) is 2.21. The number of carbonyl (C=O) groups excluding carboxylic acids is 3. The maximum atomic E-state index is 14.0. The first-order valence-corrected chi connectivity index (χ1v) is 10.9. The molecule has 6 rings (SSSR count). The van der Waals surface area contributed by atoms with Gasteiger partial charge in [0.1, 0.15) is 0 Å². The molecule has 0 bridgehead atoms. The highest BCUT2D eigenvalue weighted by Crippen LogP contribution is 2.33. The third-order valence-electron chi connectivity index (χ3n) is 6.00. The van der Waals surface area contributed by atoms with Gasteiger partial charge in [-0.1, -0.05) is 60.7 Å². The number of imide groups is 1. The van der Waals surface area contributed by atoms with Crippen molar-refractivity contribution < 1.29 is 14.4 Å². The number of aliphatic imine (C=N–C) groups is 1. The van der Waals surface area contributed by atoms with Gasteiger partial charge in [-0.05, 0) is 28.6 Å². The van der Waals surface area contributed by atoms with E-state index in [1.54, 1.807) is 30.3 Å². The van der Waals surface area contributed by atoms with Gasteiger partial charge < -0.3 is 4.90 Å². The van der Waals surface area contributed by atoms with Gasteiger partial charge in [0.2, 0.25) is 6.17 Å². The minimum atomic E-state index is -1.42. The fourth-order valence-corrected chi connectivity index (χ4v) is 4.40. The lowest BCUT2D eigenvalue weighted by atomic mass is 10.0. The zero-order valence-electron chi connectivity index (χ0n) is 18.2. The topological polar surface area (TPSA) is 125 Å². The number of benzene rings is 3. The second-order valence-electron chi connectivity index (χ2n) is 8.03. The third-order valence-corrected chi connectivity index (χ3v) is 6.00. The van der Waals surface area contributed by atoms with Crippen molar-refractivity contribution in [3.8, 4) is 0 Å². The molecule has 10 nitrogen and oxygen atoms in total. The lowest BCUT2D eigenvalue weighted by Gasteiger charge is -2.27. The van der Waals surface area contributed by atoms with Gasteiger partial charge in [0, 0.05) is 11.1 Å². The minimum absolute atomic E-state index is 0.000105. The molecule has 35 heavy (non-hydrogen) atoms. The van der Waals surface area contributed by atoms with Gasteiger partial charge in [0.25, 0.3) is 17.7 Å². The highest BCUT2D eigenvalue weighted by molar-refractivity contribution is 6.25. The van der Waals surface area contributed by atoms with Crippen molar-refractivity contribution in [2.75, 3.05) is 4.90 Å². The van der Waals surface area contributed by atoms with Crippen LogP contribution < -0.4 is 4.90 Å². The van der Waals surface area contributed by atoms with E-state index in [0.29, 0.717) is 22.8 Å². The number of carbonyl (C=O) groups is 3. The van der Waals surface area contributed by atoms with Crippen molar-refractivity contribution >= 4 is 29.1 Å². The summed E-state index contributed by atoms with van der Waals surface area (Å²) in [5.41, 5.74) is 2.98. The zero-order valence-corrected chi connectivity index (χ0v) is 18.2. The number of aromatic amines is 1. The molecule has 170 valence electrons. The van der Waals surface area contributed by atoms with E-state index in [-0.39, 0.29) is 17.7 Å². The first-order chi connectivity index (χ1) is 17.1. The largest absolute Gasteiger partial charge is 0.301 e. The first-order valence-electron chi connectivity index (χ1n) is 10.9. The SMILES string of the molecule is O=C1[C@H](N2C(=O)c3ccccc3C2=O)N=C(c2ccccc2)c2ccccc2N1Cc1nnn[nH]1. The molecule has 1 atom stereocenters. The van der Waals surface area contributed by atoms with Crippen molar-refractivity contribution in [3.05, 3.63) is 107 Å². The molecule has 0 aliphatic carbocycles. The first kappa shape index (κ1) is 20.6. The molecule has 0 saturated heterocycles. The number of tetrazole rings is 1. The summed E-state index contributed by atoms with van der Waals surface area (Å²) in [4.78, 5) is 47.8. The van der Waals surface area contributed by atoms with Crippen molar-refractivity contribution in [2.45, 2.75) is 12.7 Å². The van der Waals surface area contributed by atoms with Crippen molar-refractivity contribution in [2.24, 2.45) is 4.99 Å². The number of H-pyrrole nitrogens is 1. The van der Waals surface area contributed by atoms with E-state index >= 15 is 0 Å². The van der Waals surface area contributed by atoms with E-state index < -0.39 is 23.9 Å². The van der Waals surface area contributed by atoms with Gasteiger partial charge in [-0.2, -0.15) is 0 Å². The molecule has 2 aliphatic heterocycles. The van der Waals surface area contributed by atoms with Crippen molar-refractivity contribution in [1.82, 2.24) is 25.5 Å². The number of anilines is 1. The molecule has 3 heterocycles. The van der Waals surface area contributed by atoms with Crippen LogP contribution in [0.25, 0.3) is 0 Å². The maximum absolute atomic E-state index is 14.0. The normalized spacial score (nSPS) is 17.2. The van der Waals surface area contributed by atoms with Gasteiger partial charge in [0.05, 0.1) is 29.1 Å². The van der Waals surface area contributed by atoms with Crippen LogP contribution in [0.4, 0.5) is 5.69 Å². The van der Waals surface area contributed by atoms with Crippen LogP contribution in [0.15, 0.2) is 83.9 Å². The number of hydrogen-bond donors (Lipinski definition) is 1. The van der Waals surface area contributed by atoms with Gasteiger partial charge in [-0.15, -0.1) is 5.10 Å². The summed E-state index contributed by atoms with van der Waals surface area (Å²) >= 11 is 0. The van der Waals surface area contributed by atoms with Crippen LogP contribution in [-0.4, -0.2) is 55.1 Å². The Labute approximate surface area is 198 Å². The second-order valence-corrected chi connectivity index (χ2v) is 8.03. The zero-order chi connectivity index (χ0) is 23.9. The second kappa shape index (κ2) is 8.10. The van der Waals surface area contributed by atoms with Gasteiger partial charge in [0.15, 0.2) is 5.82 Å². The number of hydrogen-bond acceptors (Lipinski definition) is 7. The Morgan fingerprint density at radius 3 is 2.06 bits per heavy atom. The van der Waals surface area contributed by atoms with Gasteiger partial charge in [-0.3, -0.25) is 14.4 Å². The van der Waals surface area contributed by atoms with E-state index in [0.717, 1.165) is 10.5 Å². The molecular weight excluding hydrogens is 446 g/mol. The van der Waals surface area contributed by atoms with Crippen LogP contribution >= 0.6 is 0 Å². The predicted molar refractivity (Wildman–Crippen MR) is 125 cm³/mol.